The van der Waals surface area contributed by atoms with Gasteiger partial charge in [-0.1, -0.05) is 24.3 Å². The van der Waals surface area contributed by atoms with Crippen molar-refractivity contribution in [3.8, 4) is 0 Å². The predicted molar refractivity (Wildman–Crippen MR) is 105 cm³/mol. The van der Waals surface area contributed by atoms with Crippen LogP contribution in [-0.2, 0) is 11.3 Å². The van der Waals surface area contributed by atoms with Gasteiger partial charge in [0.1, 0.15) is 0 Å². The first-order valence-corrected chi connectivity index (χ1v) is 9.25. The van der Waals surface area contributed by atoms with Crippen molar-refractivity contribution < 1.29 is 14.5 Å². The molecule has 7 nitrogen and oxygen atoms in total. The molecule has 2 aromatic rings. The van der Waals surface area contributed by atoms with E-state index in [0.717, 1.165) is 18.5 Å². The van der Waals surface area contributed by atoms with Crippen molar-refractivity contribution in [2.75, 3.05) is 13.6 Å². The molecule has 28 heavy (non-hydrogen) atoms. The van der Waals surface area contributed by atoms with Crippen LogP contribution in [0.1, 0.15) is 47.3 Å². The fourth-order valence-electron chi connectivity index (χ4n) is 3.35. The number of hydrogen-bond acceptors (Lipinski definition) is 4. The third kappa shape index (κ3) is 4.19. The number of carbonyl (C=O) groups excluding carboxylic acids is 2. The minimum atomic E-state index is -0.443. The molecule has 1 saturated heterocycles. The Balaban J connectivity index is 1.69. The number of amides is 2. The van der Waals surface area contributed by atoms with E-state index >= 15 is 0 Å². The summed E-state index contributed by atoms with van der Waals surface area (Å²) in [6.45, 7) is 3.18. The van der Waals surface area contributed by atoms with Crippen LogP contribution in [0, 0.1) is 10.1 Å². The van der Waals surface area contributed by atoms with Crippen LogP contribution in [-0.4, -0.2) is 40.1 Å². The lowest BCUT2D eigenvalue weighted by atomic mass is 10.0. The van der Waals surface area contributed by atoms with Gasteiger partial charge in [-0.05, 0) is 36.6 Å². The van der Waals surface area contributed by atoms with Crippen LogP contribution in [0.2, 0.25) is 0 Å². The molecule has 1 atom stereocenters. The van der Waals surface area contributed by atoms with E-state index in [4.69, 9.17) is 0 Å². The molecular formula is C21H23N3O4. The van der Waals surface area contributed by atoms with Crippen LogP contribution in [0.5, 0.6) is 0 Å². The maximum absolute atomic E-state index is 12.8. The van der Waals surface area contributed by atoms with Gasteiger partial charge in [-0.2, -0.15) is 0 Å². The molecule has 0 aromatic heterocycles. The SMILES string of the molecule is C[C@@H](c1cccc([N+](=O)[O-])c1)N(C)C(=O)c1ccc(CN2CCCC2=O)cc1. The van der Waals surface area contributed by atoms with Crippen molar-refractivity contribution in [2.45, 2.75) is 32.4 Å². The zero-order chi connectivity index (χ0) is 20.3. The van der Waals surface area contributed by atoms with Gasteiger partial charge >= 0.3 is 0 Å². The lowest BCUT2D eigenvalue weighted by Gasteiger charge is -2.25. The minimum absolute atomic E-state index is 0.00557. The van der Waals surface area contributed by atoms with Crippen molar-refractivity contribution in [2.24, 2.45) is 0 Å². The van der Waals surface area contributed by atoms with E-state index < -0.39 is 4.92 Å². The second kappa shape index (κ2) is 8.21. The third-order valence-electron chi connectivity index (χ3n) is 5.21. The predicted octanol–water partition coefficient (Wildman–Crippen LogP) is 3.55. The Hall–Kier alpha value is -3.22. The normalized spacial score (nSPS) is 14.8. The van der Waals surface area contributed by atoms with E-state index in [0.29, 0.717) is 24.1 Å². The van der Waals surface area contributed by atoms with Gasteiger partial charge in [0.2, 0.25) is 5.91 Å². The smallest absolute Gasteiger partial charge is 0.269 e. The van der Waals surface area contributed by atoms with E-state index in [9.17, 15) is 19.7 Å². The maximum Gasteiger partial charge on any atom is 0.269 e. The van der Waals surface area contributed by atoms with E-state index in [1.165, 1.54) is 12.1 Å². The Kier molecular flexibility index (Phi) is 5.73. The van der Waals surface area contributed by atoms with Crippen molar-refractivity contribution in [1.29, 1.82) is 0 Å². The van der Waals surface area contributed by atoms with E-state index in [1.807, 2.05) is 24.0 Å². The summed E-state index contributed by atoms with van der Waals surface area (Å²) in [5.41, 5.74) is 2.23. The molecule has 2 amide bonds. The first kappa shape index (κ1) is 19.5. The number of nitro benzene ring substituents is 1. The Labute approximate surface area is 163 Å². The van der Waals surface area contributed by atoms with Crippen LogP contribution in [0.25, 0.3) is 0 Å². The van der Waals surface area contributed by atoms with Crippen molar-refractivity contribution in [3.05, 3.63) is 75.3 Å². The Morgan fingerprint density at radius 1 is 1.25 bits per heavy atom. The van der Waals surface area contributed by atoms with Crippen molar-refractivity contribution in [3.63, 3.8) is 0 Å². The largest absolute Gasteiger partial charge is 0.338 e. The van der Waals surface area contributed by atoms with Crippen LogP contribution in [0.4, 0.5) is 5.69 Å². The molecule has 0 radical (unpaired) electrons. The summed E-state index contributed by atoms with van der Waals surface area (Å²) in [7, 11) is 1.68. The summed E-state index contributed by atoms with van der Waals surface area (Å²) in [4.78, 5) is 38.5. The number of nitro groups is 1. The summed E-state index contributed by atoms with van der Waals surface area (Å²) in [6.07, 6.45) is 1.51. The zero-order valence-corrected chi connectivity index (χ0v) is 16.0. The summed E-state index contributed by atoms with van der Waals surface area (Å²) in [5.74, 6) is 0.00784. The standard InChI is InChI=1S/C21H23N3O4/c1-15(18-5-3-6-19(13-18)24(27)28)22(2)21(26)17-10-8-16(9-11-17)14-23-12-4-7-20(23)25/h3,5-6,8-11,13,15H,4,7,12,14H2,1-2H3/t15-/m0/s1. The molecule has 1 aliphatic heterocycles. The van der Waals surface area contributed by atoms with Crippen molar-refractivity contribution in [1.82, 2.24) is 9.80 Å². The maximum atomic E-state index is 12.8. The fourth-order valence-corrected chi connectivity index (χ4v) is 3.35. The quantitative estimate of drug-likeness (QED) is 0.566. The summed E-state index contributed by atoms with van der Waals surface area (Å²) in [6, 6.07) is 13.3. The molecule has 0 N–H and O–H groups in total. The number of benzene rings is 2. The lowest BCUT2D eigenvalue weighted by molar-refractivity contribution is -0.384. The number of carbonyl (C=O) groups is 2. The average molecular weight is 381 g/mol. The van der Waals surface area contributed by atoms with Gasteiger partial charge < -0.3 is 9.80 Å². The molecule has 7 heteroatoms. The average Bonchev–Trinajstić information content (AvgIpc) is 3.11. The molecule has 0 saturated carbocycles. The first-order chi connectivity index (χ1) is 13.4. The highest BCUT2D eigenvalue weighted by molar-refractivity contribution is 5.94. The monoisotopic (exact) mass is 381 g/mol. The van der Waals surface area contributed by atoms with Crippen molar-refractivity contribution >= 4 is 17.5 Å². The van der Waals surface area contributed by atoms with Crippen LogP contribution >= 0.6 is 0 Å². The number of likely N-dealkylation sites (tertiary alicyclic amines) is 1. The van der Waals surface area contributed by atoms with Crippen LogP contribution in [0.15, 0.2) is 48.5 Å². The second-order valence-electron chi connectivity index (χ2n) is 7.06. The molecule has 0 aliphatic carbocycles. The van der Waals surface area contributed by atoms with Gasteiger partial charge in [-0.3, -0.25) is 19.7 Å². The van der Waals surface area contributed by atoms with Gasteiger partial charge in [0.05, 0.1) is 11.0 Å². The molecule has 0 spiro atoms. The summed E-state index contributed by atoms with van der Waals surface area (Å²) < 4.78 is 0. The van der Waals surface area contributed by atoms with Gasteiger partial charge in [-0.25, -0.2) is 0 Å². The van der Waals surface area contributed by atoms with Gasteiger partial charge in [0, 0.05) is 44.3 Å². The Bertz CT molecular complexity index is 895. The first-order valence-electron chi connectivity index (χ1n) is 9.25. The molecule has 1 heterocycles. The van der Waals surface area contributed by atoms with E-state index in [1.54, 1.807) is 36.2 Å². The minimum Gasteiger partial charge on any atom is -0.338 e. The Morgan fingerprint density at radius 2 is 1.96 bits per heavy atom. The highest BCUT2D eigenvalue weighted by Gasteiger charge is 2.22. The fraction of sp³-hybridized carbons (Fsp3) is 0.333. The molecule has 146 valence electrons. The number of hydrogen-bond donors (Lipinski definition) is 0. The molecule has 0 unspecified atom stereocenters. The highest BCUT2D eigenvalue weighted by Crippen LogP contribution is 2.24. The lowest BCUT2D eigenvalue weighted by Crippen LogP contribution is -2.29. The summed E-state index contributed by atoms with van der Waals surface area (Å²) >= 11 is 0. The van der Waals surface area contributed by atoms with Gasteiger partial charge in [0.15, 0.2) is 0 Å². The zero-order valence-electron chi connectivity index (χ0n) is 16.0. The number of rotatable bonds is 6. The second-order valence-corrected chi connectivity index (χ2v) is 7.06. The molecule has 3 rings (SSSR count). The molecule has 1 aliphatic rings. The van der Waals surface area contributed by atoms with E-state index in [-0.39, 0.29) is 23.5 Å². The summed E-state index contributed by atoms with van der Waals surface area (Å²) in [5, 5.41) is 11.0. The molecule has 2 aromatic carbocycles. The molecule has 1 fully saturated rings. The van der Waals surface area contributed by atoms with Gasteiger partial charge in [0.25, 0.3) is 11.6 Å². The molecular weight excluding hydrogens is 358 g/mol. The number of nitrogens with zero attached hydrogens (tertiary/aromatic N) is 3. The topological polar surface area (TPSA) is 83.8 Å². The third-order valence-corrected chi connectivity index (χ3v) is 5.21. The van der Waals surface area contributed by atoms with Gasteiger partial charge in [-0.15, -0.1) is 0 Å². The van der Waals surface area contributed by atoms with Crippen LogP contribution in [0.3, 0.4) is 0 Å². The van der Waals surface area contributed by atoms with Crippen LogP contribution < -0.4 is 0 Å². The Morgan fingerprint density at radius 3 is 2.57 bits per heavy atom. The highest BCUT2D eigenvalue weighted by atomic mass is 16.6. The molecule has 0 bridgehead atoms. The number of non-ortho nitro benzene ring substituents is 1. The van der Waals surface area contributed by atoms with E-state index in [2.05, 4.69) is 0 Å².